The maximum Gasteiger partial charge on any atom is 0.417 e. The second kappa shape index (κ2) is 10.1. The van der Waals surface area contributed by atoms with Gasteiger partial charge in [0.1, 0.15) is 11.5 Å². The summed E-state index contributed by atoms with van der Waals surface area (Å²) < 4.78 is 74.4. The van der Waals surface area contributed by atoms with Crippen LogP contribution in [0.4, 0.5) is 33.3 Å². The number of rotatable bonds is 6. The number of hydrogen-bond acceptors (Lipinski definition) is 4. The summed E-state index contributed by atoms with van der Waals surface area (Å²) in [5.41, 5.74) is 0.162. The van der Waals surface area contributed by atoms with Crippen LogP contribution in [-0.4, -0.2) is 43.4 Å². The lowest BCUT2D eigenvalue weighted by Gasteiger charge is -2.38. The highest BCUT2D eigenvalue weighted by Gasteiger charge is 2.35. The Kier molecular flexibility index (Phi) is 7.23. The molecular formula is C27H26F5N3O2. The van der Waals surface area contributed by atoms with Crippen molar-refractivity contribution in [2.24, 2.45) is 0 Å². The van der Waals surface area contributed by atoms with E-state index in [-0.39, 0.29) is 29.8 Å². The highest BCUT2D eigenvalue weighted by Crippen LogP contribution is 2.39. The van der Waals surface area contributed by atoms with Gasteiger partial charge in [-0.05, 0) is 60.9 Å². The van der Waals surface area contributed by atoms with E-state index in [2.05, 4.69) is 10.3 Å². The summed E-state index contributed by atoms with van der Waals surface area (Å²) in [5.74, 6) is -1.33. The van der Waals surface area contributed by atoms with Crippen molar-refractivity contribution in [1.29, 1.82) is 0 Å². The van der Waals surface area contributed by atoms with E-state index in [9.17, 15) is 22.4 Å². The van der Waals surface area contributed by atoms with Crippen LogP contribution in [0.2, 0.25) is 0 Å². The van der Waals surface area contributed by atoms with Gasteiger partial charge in [-0.25, -0.2) is 8.78 Å². The predicted molar refractivity (Wildman–Crippen MR) is 131 cm³/mol. The zero-order chi connectivity index (χ0) is 27.0. The van der Waals surface area contributed by atoms with Crippen molar-refractivity contribution in [2.75, 3.05) is 37.0 Å². The lowest BCUT2D eigenvalue weighted by molar-refractivity contribution is -0.137. The lowest BCUT2D eigenvalue weighted by Crippen LogP contribution is -2.45. The molecule has 3 aromatic rings. The number of benzene rings is 2. The Labute approximate surface area is 211 Å². The molecule has 0 saturated carbocycles. The number of nitrogens with one attached hydrogen (secondary N) is 1. The number of aromatic nitrogens is 1. The van der Waals surface area contributed by atoms with Crippen molar-refractivity contribution in [1.82, 2.24) is 4.98 Å². The maximum absolute atomic E-state index is 15.3. The highest BCUT2D eigenvalue weighted by atomic mass is 19.4. The second-order valence-electron chi connectivity index (χ2n) is 9.41. The first kappa shape index (κ1) is 26.5. The van der Waals surface area contributed by atoms with Gasteiger partial charge in [0.05, 0.1) is 24.3 Å². The number of methoxy groups -OCH3 is 1. The summed E-state index contributed by atoms with van der Waals surface area (Å²) in [7, 11) is 1.55. The van der Waals surface area contributed by atoms with Gasteiger partial charge < -0.3 is 15.0 Å². The van der Waals surface area contributed by atoms with E-state index < -0.39 is 29.1 Å². The number of carbonyl (C=O) groups excluding carboxylic acids is 1. The van der Waals surface area contributed by atoms with Crippen LogP contribution in [0.25, 0.3) is 11.1 Å². The Morgan fingerprint density at radius 1 is 1.16 bits per heavy atom. The van der Waals surface area contributed by atoms with Crippen molar-refractivity contribution in [3.63, 3.8) is 0 Å². The van der Waals surface area contributed by atoms with E-state index in [1.807, 2.05) is 4.90 Å². The molecule has 1 aromatic heterocycles. The third kappa shape index (κ3) is 5.90. The number of alkyl halides is 4. The van der Waals surface area contributed by atoms with Crippen molar-refractivity contribution in [2.45, 2.75) is 32.1 Å². The first-order chi connectivity index (χ1) is 17.4. The van der Waals surface area contributed by atoms with E-state index in [0.717, 1.165) is 6.20 Å². The van der Waals surface area contributed by atoms with Crippen molar-refractivity contribution >= 4 is 17.3 Å². The normalized spacial score (nSPS) is 17.5. The Morgan fingerprint density at radius 3 is 2.62 bits per heavy atom. The zero-order valence-corrected chi connectivity index (χ0v) is 20.5. The molecule has 10 heteroatoms. The molecule has 1 atom stereocenters. The molecule has 0 radical (unpaired) electrons. The summed E-state index contributed by atoms with van der Waals surface area (Å²) in [6, 6.07) is 8.53. The Bertz CT molecular complexity index is 1320. The fraction of sp³-hybridized carbons (Fsp3) is 0.333. The molecule has 0 unspecified atom stereocenters. The number of carbonyl (C=O) groups is 1. The standard InChI is InChI=1S/C27H26F5N3O2/c1-16-4-5-20(34-25(36)18-8-19(14-33-13-18)27(30,31)32)10-21(16)22-11-24-17(9-23(22)28)12-26(2,29)15-35(24)6-7-37-3/h4-5,8-11,13-14H,6-7,12,15H2,1-3H3,(H,34,36)/t26-/m0/s1. The minimum absolute atomic E-state index is 0.0725. The predicted octanol–water partition coefficient (Wildman–Crippen LogP) is 6.20. The van der Waals surface area contributed by atoms with Crippen LogP contribution in [0.15, 0.2) is 48.8 Å². The third-order valence-corrected chi connectivity index (χ3v) is 6.27. The number of hydrogen-bond donors (Lipinski definition) is 1. The summed E-state index contributed by atoms with van der Waals surface area (Å²) >= 11 is 0. The van der Waals surface area contributed by atoms with E-state index in [4.69, 9.17) is 4.74 Å². The SMILES string of the molecule is COCCN1C[C@@](C)(F)Cc2cc(F)c(-c3cc(NC(=O)c4cncc(C(F)(F)F)c4)ccc3C)cc21. The average molecular weight is 520 g/mol. The van der Waals surface area contributed by atoms with Gasteiger partial charge in [-0.1, -0.05) is 6.07 Å². The zero-order valence-electron chi connectivity index (χ0n) is 20.5. The largest absolute Gasteiger partial charge is 0.417 e. The number of aryl methyl sites for hydroxylation is 1. The molecule has 37 heavy (non-hydrogen) atoms. The van der Waals surface area contributed by atoms with E-state index in [1.165, 1.54) is 13.0 Å². The van der Waals surface area contributed by atoms with Crippen LogP contribution in [-0.2, 0) is 17.3 Å². The topological polar surface area (TPSA) is 54.5 Å². The Morgan fingerprint density at radius 2 is 1.92 bits per heavy atom. The average Bonchev–Trinajstić information content (AvgIpc) is 2.82. The number of amides is 1. The minimum atomic E-state index is -4.64. The number of nitrogens with zero attached hydrogens (tertiary/aromatic N) is 2. The van der Waals surface area contributed by atoms with Crippen LogP contribution in [0.3, 0.4) is 0 Å². The van der Waals surface area contributed by atoms with Gasteiger partial charge in [0.25, 0.3) is 5.91 Å². The number of fused-ring (bicyclic) bond motifs is 1. The van der Waals surface area contributed by atoms with Crippen LogP contribution >= 0.6 is 0 Å². The summed E-state index contributed by atoms with van der Waals surface area (Å²) in [6.45, 7) is 4.19. The minimum Gasteiger partial charge on any atom is -0.383 e. The van der Waals surface area contributed by atoms with Crippen LogP contribution < -0.4 is 10.2 Å². The van der Waals surface area contributed by atoms with Crippen LogP contribution in [0, 0.1) is 12.7 Å². The summed E-state index contributed by atoms with van der Waals surface area (Å²) in [5, 5.41) is 2.56. The molecule has 1 aliphatic heterocycles. The third-order valence-electron chi connectivity index (χ3n) is 6.27. The van der Waals surface area contributed by atoms with Gasteiger partial charge in [-0.3, -0.25) is 9.78 Å². The quantitative estimate of drug-likeness (QED) is 0.394. The molecule has 0 aliphatic carbocycles. The summed E-state index contributed by atoms with van der Waals surface area (Å²) in [6.07, 6.45) is -2.89. The number of pyridine rings is 1. The molecule has 1 amide bonds. The van der Waals surface area contributed by atoms with Crippen LogP contribution in [0.5, 0.6) is 0 Å². The van der Waals surface area contributed by atoms with Gasteiger partial charge in [0.15, 0.2) is 0 Å². The van der Waals surface area contributed by atoms with Gasteiger partial charge in [-0.2, -0.15) is 13.2 Å². The van der Waals surface area contributed by atoms with Crippen LogP contribution in [0.1, 0.15) is 34.0 Å². The molecule has 0 fully saturated rings. The molecule has 0 saturated heterocycles. The molecule has 196 valence electrons. The van der Waals surface area contributed by atoms with E-state index in [1.54, 1.807) is 38.3 Å². The van der Waals surface area contributed by atoms with Gasteiger partial charge >= 0.3 is 6.18 Å². The molecular weight excluding hydrogens is 493 g/mol. The van der Waals surface area contributed by atoms with E-state index in [0.29, 0.717) is 47.8 Å². The molecule has 2 aromatic carbocycles. The first-order valence-corrected chi connectivity index (χ1v) is 11.6. The molecule has 0 spiro atoms. The van der Waals surface area contributed by atoms with Crippen molar-refractivity contribution in [3.8, 4) is 11.1 Å². The molecule has 1 N–H and O–H groups in total. The van der Waals surface area contributed by atoms with Gasteiger partial charge in [0.2, 0.25) is 0 Å². The van der Waals surface area contributed by atoms with E-state index >= 15 is 4.39 Å². The smallest absolute Gasteiger partial charge is 0.383 e. The Balaban J connectivity index is 1.67. The first-order valence-electron chi connectivity index (χ1n) is 11.6. The fourth-order valence-corrected chi connectivity index (χ4v) is 4.49. The highest BCUT2D eigenvalue weighted by molar-refractivity contribution is 6.04. The number of anilines is 2. The molecule has 2 heterocycles. The maximum atomic E-state index is 15.3. The Hall–Kier alpha value is -3.53. The number of halogens is 5. The van der Waals surface area contributed by atoms with Gasteiger partial charge in [0, 0.05) is 49.4 Å². The molecule has 4 rings (SSSR count). The molecule has 0 bridgehead atoms. The van der Waals surface area contributed by atoms with Gasteiger partial charge in [-0.15, -0.1) is 0 Å². The number of ether oxygens (including phenoxy) is 1. The second-order valence-corrected chi connectivity index (χ2v) is 9.41. The lowest BCUT2D eigenvalue weighted by atomic mass is 9.88. The monoisotopic (exact) mass is 519 g/mol. The van der Waals surface area contributed by atoms with Crippen molar-refractivity contribution < 1.29 is 31.5 Å². The summed E-state index contributed by atoms with van der Waals surface area (Å²) in [4.78, 5) is 18.0. The molecule has 1 aliphatic rings. The van der Waals surface area contributed by atoms with Crippen molar-refractivity contribution in [3.05, 3.63) is 76.9 Å². The molecule has 5 nitrogen and oxygen atoms in total. The fourth-order valence-electron chi connectivity index (χ4n) is 4.49.